The average Bonchev–Trinajstić information content (AvgIpc) is 2.83. The number of nitrogens with zero attached hydrogens (tertiary/aromatic N) is 1. The second-order valence-corrected chi connectivity index (χ2v) is 9.15. The molecule has 0 heterocycles. The summed E-state index contributed by atoms with van der Waals surface area (Å²) in [6, 6.07) is 16.5. The molecule has 0 saturated heterocycles. The van der Waals surface area contributed by atoms with Gasteiger partial charge < -0.3 is 19.5 Å². The maximum Gasteiger partial charge on any atom is 0.416 e. The number of carbonyl (C=O) groups excluding carboxylic acids is 1. The number of carboxylic acid groups (broad SMARTS) is 1. The van der Waals surface area contributed by atoms with Gasteiger partial charge in [-0.15, -0.1) is 0 Å². The topological polar surface area (TPSA) is 76.1 Å². The van der Waals surface area contributed by atoms with Crippen LogP contribution in [0.3, 0.4) is 0 Å². The first-order valence-corrected chi connectivity index (χ1v) is 11.5. The number of aliphatic carboxylic acids is 1. The lowest BCUT2D eigenvalue weighted by molar-refractivity contribution is -0.152. The van der Waals surface area contributed by atoms with Crippen molar-refractivity contribution in [2.24, 2.45) is 0 Å². The lowest BCUT2D eigenvalue weighted by Gasteiger charge is -2.23. The molecular formula is C28H28F3NO5. The van der Waals surface area contributed by atoms with Crippen LogP contribution in [0, 0.1) is 6.92 Å². The van der Waals surface area contributed by atoms with Crippen LogP contribution in [0.5, 0.6) is 17.2 Å². The summed E-state index contributed by atoms with van der Waals surface area (Å²) >= 11 is 0. The maximum absolute atomic E-state index is 12.9. The molecule has 37 heavy (non-hydrogen) atoms. The highest BCUT2D eigenvalue weighted by atomic mass is 19.4. The third-order valence-electron chi connectivity index (χ3n) is 5.71. The Bertz CT molecular complexity index is 1270. The summed E-state index contributed by atoms with van der Waals surface area (Å²) in [7, 11) is 1.63. The fourth-order valence-electron chi connectivity index (χ4n) is 3.43. The number of hydrogen-bond acceptors (Lipinski definition) is 4. The van der Waals surface area contributed by atoms with Crippen molar-refractivity contribution in [1.29, 1.82) is 0 Å². The van der Waals surface area contributed by atoms with Crippen LogP contribution in [-0.4, -0.2) is 41.1 Å². The van der Waals surface area contributed by atoms with Crippen molar-refractivity contribution in [3.05, 3.63) is 89.0 Å². The van der Waals surface area contributed by atoms with Crippen molar-refractivity contribution >= 4 is 11.9 Å². The molecule has 0 spiro atoms. The molecule has 0 atom stereocenters. The third-order valence-corrected chi connectivity index (χ3v) is 5.71. The zero-order chi connectivity index (χ0) is 27.4. The lowest BCUT2D eigenvalue weighted by Crippen LogP contribution is -2.38. The first-order valence-electron chi connectivity index (χ1n) is 11.5. The van der Waals surface area contributed by atoms with Gasteiger partial charge in [0.25, 0.3) is 5.91 Å². The Balaban J connectivity index is 1.63. The molecule has 0 aliphatic carbocycles. The highest BCUT2D eigenvalue weighted by Crippen LogP contribution is 2.31. The lowest BCUT2D eigenvalue weighted by atomic mass is 10.1. The van der Waals surface area contributed by atoms with Gasteiger partial charge in [0.2, 0.25) is 0 Å². The molecule has 0 saturated carbocycles. The van der Waals surface area contributed by atoms with Gasteiger partial charge in [-0.1, -0.05) is 18.2 Å². The number of aryl methyl sites for hydroxylation is 1. The molecule has 1 N–H and O–H groups in total. The minimum Gasteiger partial charge on any atom is -0.478 e. The number of carboxylic acids is 1. The molecule has 9 heteroatoms. The normalized spacial score (nSPS) is 11.6. The van der Waals surface area contributed by atoms with E-state index in [-0.39, 0.29) is 5.91 Å². The fraction of sp³-hybridized carbons (Fsp3) is 0.286. The summed E-state index contributed by atoms with van der Waals surface area (Å²) in [5.74, 6) is -0.0104. The van der Waals surface area contributed by atoms with Gasteiger partial charge in [0.1, 0.15) is 17.2 Å². The standard InChI is InChI=1S/C28H28F3NO5/c1-18-16-23(12-13-24(18)37-27(2,3)26(34)35)36-22-7-5-6-20(17-22)25(33)32(4)15-14-19-8-10-21(11-9-19)28(29,30)31/h5-13,16-17H,14-15H2,1-4H3,(H,34,35). The second kappa shape index (κ2) is 10.9. The van der Waals surface area contributed by atoms with E-state index >= 15 is 0 Å². The highest BCUT2D eigenvalue weighted by molar-refractivity contribution is 5.94. The summed E-state index contributed by atoms with van der Waals surface area (Å²) in [6.07, 6.45) is -3.98. The van der Waals surface area contributed by atoms with Gasteiger partial charge in [0, 0.05) is 19.2 Å². The molecule has 196 valence electrons. The first-order chi connectivity index (χ1) is 17.3. The molecule has 0 fully saturated rings. The molecule has 3 aromatic rings. The van der Waals surface area contributed by atoms with E-state index in [4.69, 9.17) is 9.47 Å². The van der Waals surface area contributed by atoms with E-state index in [9.17, 15) is 27.9 Å². The Morgan fingerprint density at radius 1 is 0.946 bits per heavy atom. The Labute approximate surface area is 213 Å². The number of rotatable bonds is 9. The van der Waals surface area contributed by atoms with Crippen molar-refractivity contribution in [2.75, 3.05) is 13.6 Å². The monoisotopic (exact) mass is 515 g/mol. The van der Waals surface area contributed by atoms with Gasteiger partial charge >= 0.3 is 12.1 Å². The predicted octanol–water partition coefficient (Wildman–Crippen LogP) is 6.36. The van der Waals surface area contributed by atoms with E-state index in [2.05, 4.69) is 0 Å². The molecule has 6 nitrogen and oxygen atoms in total. The molecule has 3 rings (SSSR count). The third kappa shape index (κ3) is 7.25. The van der Waals surface area contributed by atoms with Crippen LogP contribution >= 0.6 is 0 Å². The number of hydrogen-bond donors (Lipinski definition) is 1. The molecule has 0 aromatic heterocycles. The molecule has 0 bridgehead atoms. The maximum atomic E-state index is 12.9. The van der Waals surface area contributed by atoms with Crippen molar-refractivity contribution in [3.8, 4) is 17.2 Å². The molecule has 0 unspecified atom stereocenters. The van der Waals surface area contributed by atoms with Crippen molar-refractivity contribution < 1.29 is 37.3 Å². The molecule has 0 radical (unpaired) electrons. The summed E-state index contributed by atoms with van der Waals surface area (Å²) in [4.78, 5) is 25.7. The number of likely N-dealkylation sites (N-methyl/N-ethyl adjacent to an activating group) is 1. The van der Waals surface area contributed by atoms with Gasteiger partial charge in [0.05, 0.1) is 5.56 Å². The Hall–Kier alpha value is -4.01. The van der Waals surface area contributed by atoms with Crippen LogP contribution in [0.4, 0.5) is 13.2 Å². The molecule has 0 aliphatic rings. The number of alkyl halides is 3. The van der Waals surface area contributed by atoms with Gasteiger partial charge in [0.15, 0.2) is 5.60 Å². The smallest absolute Gasteiger partial charge is 0.416 e. The van der Waals surface area contributed by atoms with E-state index in [1.165, 1.54) is 30.9 Å². The Morgan fingerprint density at radius 2 is 1.59 bits per heavy atom. The SMILES string of the molecule is Cc1cc(Oc2cccc(C(=O)N(C)CCc3ccc(C(F)(F)F)cc3)c2)ccc1OC(C)(C)C(=O)O. The summed E-state index contributed by atoms with van der Waals surface area (Å²) in [5.41, 5.74) is -0.326. The van der Waals surface area contributed by atoms with Crippen LogP contribution < -0.4 is 9.47 Å². The van der Waals surface area contributed by atoms with E-state index < -0.39 is 23.3 Å². The van der Waals surface area contributed by atoms with Crippen LogP contribution in [0.25, 0.3) is 0 Å². The zero-order valence-corrected chi connectivity index (χ0v) is 20.9. The van der Waals surface area contributed by atoms with Crippen LogP contribution in [-0.2, 0) is 17.4 Å². The summed E-state index contributed by atoms with van der Waals surface area (Å²) in [5, 5.41) is 9.26. The van der Waals surface area contributed by atoms with Crippen molar-refractivity contribution in [2.45, 2.75) is 39.0 Å². The van der Waals surface area contributed by atoms with Crippen LogP contribution in [0.15, 0.2) is 66.7 Å². The van der Waals surface area contributed by atoms with Crippen molar-refractivity contribution in [1.82, 2.24) is 4.90 Å². The average molecular weight is 516 g/mol. The van der Waals surface area contributed by atoms with Crippen molar-refractivity contribution in [3.63, 3.8) is 0 Å². The number of carbonyl (C=O) groups is 2. The number of halogens is 3. The molecule has 3 aromatic carbocycles. The molecule has 1 amide bonds. The summed E-state index contributed by atoms with van der Waals surface area (Å²) in [6.45, 7) is 5.01. The quantitative estimate of drug-likeness (QED) is 0.359. The van der Waals surface area contributed by atoms with Gasteiger partial charge in [-0.2, -0.15) is 13.2 Å². The van der Waals surface area contributed by atoms with E-state index in [0.29, 0.717) is 46.9 Å². The van der Waals surface area contributed by atoms with Gasteiger partial charge in [-0.25, -0.2) is 4.79 Å². The van der Waals surface area contributed by atoms with E-state index in [1.807, 2.05) is 0 Å². The summed E-state index contributed by atoms with van der Waals surface area (Å²) < 4.78 is 49.7. The highest BCUT2D eigenvalue weighted by Gasteiger charge is 2.30. The second-order valence-electron chi connectivity index (χ2n) is 9.15. The zero-order valence-electron chi connectivity index (χ0n) is 20.9. The number of ether oxygens (including phenoxy) is 2. The largest absolute Gasteiger partial charge is 0.478 e. The Kier molecular flexibility index (Phi) is 8.15. The molecular weight excluding hydrogens is 487 g/mol. The van der Waals surface area contributed by atoms with E-state index in [1.54, 1.807) is 56.4 Å². The van der Waals surface area contributed by atoms with Crippen LogP contribution in [0.2, 0.25) is 0 Å². The fourth-order valence-corrected chi connectivity index (χ4v) is 3.43. The minimum atomic E-state index is -4.38. The Morgan fingerprint density at radius 3 is 2.19 bits per heavy atom. The van der Waals surface area contributed by atoms with E-state index in [0.717, 1.165) is 12.1 Å². The van der Waals surface area contributed by atoms with Crippen LogP contribution in [0.1, 0.15) is 40.9 Å². The minimum absolute atomic E-state index is 0.256. The first kappa shape index (κ1) is 27.6. The number of amides is 1. The van der Waals surface area contributed by atoms with Gasteiger partial charge in [-0.05, 0) is 86.8 Å². The molecule has 0 aliphatic heterocycles. The predicted molar refractivity (Wildman–Crippen MR) is 132 cm³/mol. The number of benzene rings is 3. The van der Waals surface area contributed by atoms with Gasteiger partial charge in [-0.3, -0.25) is 4.79 Å².